The zero-order valence-corrected chi connectivity index (χ0v) is 15.0. The molecule has 0 saturated carbocycles. The summed E-state index contributed by atoms with van der Waals surface area (Å²) in [4.78, 5) is 13.3. The third-order valence-corrected chi connectivity index (χ3v) is 4.59. The van der Waals surface area contributed by atoms with Crippen molar-refractivity contribution in [2.75, 3.05) is 5.32 Å². The first-order chi connectivity index (χ1) is 13.3. The Labute approximate surface area is 157 Å². The van der Waals surface area contributed by atoms with Crippen molar-refractivity contribution in [1.29, 1.82) is 0 Å². The molecule has 1 aromatic heterocycles. The topological polar surface area (TPSA) is 54.9 Å². The lowest BCUT2D eigenvalue weighted by Gasteiger charge is -2.14. The first-order valence-electron chi connectivity index (χ1n) is 8.98. The molecule has 1 heterocycles. The van der Waals surface area contributed by atoms with Gasteiger partial charge in [-0.3, -0.25) is 4.79 Å². The van der Waals surface area contributed by atoms with Crippen LogP contribution in [0.2, 0.25) is 0 Å². The standard InChI is InChI=1S/C23H19N3O/c1-2-16-10-6-8-14-19(16)24-23(27)21-18-13-7-9-15-20(18)25-26-22(21)17-11-4-3-5-12-17/h3-15H,2H2,1H3,(H,24,27). The van der Waals surface area contributed by atoms with Crippen LogP contribution in [-0.2, 0) is 6.42 Å². The maximum absolute atomic E-state index is 13.3. The number of benzene rings is 3. The van der Waals surface area contributed by atoms with E-state index < -0.39 is 0 Å². The Morgan fingerprint density at radius 1 is 0.852 bits per heavy atom. The number of carbonyl (C=O) groups excluding carboxylic acids is 1. The van der Waals surface area contributed by atoms with Crippen molar-refractivity contribution in [1.82, 2.24) is 10.2 Å². The summed E-state index contributed by atoms with van der Waals surface area (Å²) in [6.07, 6.45) is 0.845. The fourth-order valence-corrected chi connectivity index (χ4v) is 3.22. The number of para-hydroxylation sites is 1. The smallest absolute Gasteiger partial charge is 0.258 e. The summed E-state index contributed by atoms with van der Waals surface area (Å²) in [6, 6.07) is 25.1. The summed E-state index contributed by atoms with van der Waals surface area (Å²) >= 11 is 0. The van der Waals surface area contributed by atoms with Crippen molar-refractivity contribution >= 4 is 22.5 Å². The quantitative estimate of drug-likeness (QED) is 0.554. The van der Waals surface area contributed by atoms with Crippen LogP contribution in [0, 0.1) is 0 Å². The molecule has 3 aromatic carbocycles. The number of nitrogens with one attached hydrogen (secondary N) is 1. The molecule has 27 heavy (non-hydrogen) atoms. The first kappa shape index (κ1) is 16.9. The lowest BCUT2D eigenvalue weighted by molar-refractivity contribution is 0.102. The molecule has 4 nitrogen and oxygen atoms in total. The van der Waals surface area contributed by atoms with E-state index in [1.807, 2.05) is 78.9 Å². The zero-order valence-electron chi connectivity index (χ0n) is 15.0. The average Bonchev–Trinajstić information content (AvgIpc) is 2.74. The highest BCUT2D eigenvalue weighted by atomic mass is 16.1. The molecule has 0 radical (unpaired) electrons. The van der Waals surface area contributed by atoms with Gasteiger partial charge in [-0.2, -0.15) is 0 Å². The Kier molecular flexibility index (Phi) is 4.62. The van der Waals surface area contributed by atoms with Crippen molar-refractivity contribution in [2.45, 2.75) is 13.3 Å². The number of aromatic nitrogens is 2. The summed E-state index contributed by atoms with van der Waals surface area (Å²) < 4.78 is 0. The molecule has 1 N–H and O–H groups in total. The van der Waals surface area contributed by atoms with E-state index in [2.05, 4.69) is 22.4 Å². The SMILES string of the molecule is CCc1ccccc1NC(=O)c1c(-c2ccccc2)nnc2ccccc12. The maximum atomic E-state index is 13.3. The van der Waals surface area contributed by atoms with Gasteiger partial charge in [-0.25, -0.2) is 0 Å². The summed E-state index contributed by atoms with van der Waals surface area (Å²) in [6.45, 7) is 2.07. The van der Waals surface area contributed by atoms with Crippen LogP contribution in [0.3, 0.4) is 0 Å². The number of aryl methyl sites for hydroxylation is 1. The van der Waals surface area contributed by atoms with Gasteiger partial charge < -0.3 is 5.32 Å². The van der Waals surface area contributed by atoms with Crippen LogP contribution in [0.4, 0.5) is 5.69 Å². The van der Waals surface area contributed by atoms with E-state index in [0.29, 0.717) is 16.8 Å². The molecule has 0 spiro atoms. The molecular weight excluding hydrogens is 334 g/mol. The van der Waals surface area contributed by atoms with Crippen molar-refractivity contribution in [3.8, 4) is 11.3 Å². The molecule has 0 unspecified atom stereocenters. The van der Waals surface area contributed by atoms with Crippen LogP contribution < -0.4 is 5.32 Å². The number of amides is 1. The maximum Gasteiger partial charge on any atom is 0.258 e. The second-order valence-corrected chi connectivity index (χ2v) is 6.27. The van der Waals surface area contributed by atoms with E-state index in [1.165, 1.54) is 0 Å². The average molecular weight is 353 g/mol. The van der Waals surface area contributed by atoms with E-state index in [0.717, 1.165) is 28.6 Å². The Morgan fingerprint density at radius 2 is 1.56 bits per heavy atom. The number of hydrogen-bond acceptors (Lipinski definition) is 3. The fourth-order valence-electron chi connectivity index (χ4n) is 3.22. The van der Waals surface area contributed by atoms with Gasteiger partial charge in [-0.05, 0) is 24.1 Å². The minimum absolute atomic E-state index is 0.180. The van der Waals surface area contributed by atoms with Crippen molar-refractivity contribution < 1.29 is 4.79 Å². The molecule has 0 aliphatic heterocycles. The third-order valence-electron chi connectivity index (χ3n) is 4.59. The van der Waals surface area contributed by atoms with Crippen LogP contribution in [-0.4, -0.2) is 16.1 Å². The molecule has 0 aliphatic carbocycles. The molecule has 0 saturated heterocycles. The first-order valence-corrected chi connectivity index (χ1v) is 8.98. The summed E-state index contributed by atoms with van der Waals surface area (Å²) in [5, 5.41) is 12.5. The number of carbonyl (C=O) groups is 1. The minimum Gasteiger partial charge on any atom is -0.322 e. The minimum atomic E-state index is -0.180. The van der Waals surface area contributed by atoms with E-state index in [4.69, 9.17) is 0 Å². The Hall–Kier alpha value is -3.53. The number of hydrogen-bond donors (Lipinski definition) is 1. The van der Waals surface area contributed by atoms with Gasteiger partial charge in [0.15, 0.2) is 0 Å². The van der Waals surface area contributed by atoms with Crippen LogP contribution >= 0.6 is 0 Å². The zero-order chi connectivity index (χ0) is 18.6. The molecule has 4 aromatic rings. The van der Waals surface area contributed by atoms with E-state index in [9.17, 15) is 4.79 Å². The second-order valence-electron chi connectivity index (χ2n) is 6.27. The van der Waals surface area contributed by atoms with Gasteiger partial charge in [0.2, 0.25) is 0 Å². The molecule has 0 aliphatic rings. The molecule has 4 heteroatoms. The van der Waals surface area contributed by atoms with Gasteiger partial charge in [0.1, 0.15) is 5.69 Å². The van der Waals surface area contributed by atoms with Crippen molar-refractivity contribution in [3.05, 3.63) is 90.0 Å². The van der Waals surface area contributed by atoms with Gasteiger partial charge in [0.25, 0.3) is 5.91 Å². The largest absolute Gasteiger partial charge is 0.322 e. The van der Waals surface area contributed by atoms with Gasteiger partial charge in [0.05, 0.1) is 11.1 Å². The van der Waals surface area contributed by atoms with Crippen LogP contribution in [0.25, 0.3) is 22.2 Å². The van der Waals surface area contributed by atoms with Crippen LogP contribution in [0.15, 0.2) is 78.9 Å². The van der Waals surface area contributed by atoms with Crippen molar-refractivity contribution in [3.63, 3.8) is 0 Å². The fraction of sp³-hybridized carbons (Fsp3) is 0.0870. The highest BCUT2D eigenvalue weighted by Crippen LogP contribution is 2.28. The summed E-state index contributed by atoms with van der Waals surface area (Å²) in [5.41, 5.74) is 4.61. The van der Waals surface area contributed by atoms with E-state index in [1.54, 1.807) is 0 Å². The molecule has 0 bridgehead atoms. The highest BCUT2D eigenvalue weighted by Gasteiger charge is 2.19. The summed E-state index contributed by atoms with van der Waals surface area (Å²) in [7, 11) is 0. The Bertz CT molecular complexity index is 1110. The summed E-state index contributed by atoms with van der Waals surface area (Å²) in [5.74, 6) is -0.180. The molecule has 132 valence electrons. The van der Waals surface area contributed by atoms with Gasteiger partial charge in [-0.15, -0.1) is 10.2 Å². The number of fused-ring (bicyclic) bond motifs is 1. The normalized spacial score (nSPS) is 10.7. The third kappa shape index (κ3) is 3.29. The Morgan fingerprint density at radius 3 is 2.37 bits per heavy atom. The molecule has 1 amide bonds. The molecule has 0 fully saturated rings. The lowest BCUT2D eigenvalue weighted by Crippen LogP contribution is -2.16. The molecular formula is C23H19N3O. The highest BCUT2D eigenvalue weighted by molar-refractivity contribution is 6.16. The van der Waals surface area contributed by atoms with Gasteiger partial charge in [-0.1, -0.05) is 73.7 Å². The van der Waals surface area contributed by atoms with Crippen molar-refractivity contribution in [2.24, 2.45) is 0 Å². The van der Waals surface area contributed by atoms with Crippen LogP contribution in [0.5, 0.6) is 0 Å². The van der Waals surface area contributed by atoms with E-state index >= 15 is 0 Å². The predicted octanol–water partition coefficient (Wildman–Crippen LogP) is 5.11. The van der Waals surface area contributed by atoms with Crippen LogP contribution in [0.1, 0.15) is 22.8 Å². The van der Waals surface area contributed by atoms with E-state index in [-0.39, 0.29) is 5.91 Å². The number of rotatable bonds is 4. The molecule has 4 rings (SSSR count). The monoisotopic (exact) mass is 353 g/mol. The van der Waals surface area contributed by atoms with Gasteiger partial charge in [0, 0.05) is 16.6 Å². The van der Waals surface area contributed by atoms with Gasteiger partial charge >= 0.3 is 0 Å². The second kappa shape index (κ2) is 7.38. The number of nitrogens with zero attached hydrogens (tertiary/aromatic N) is 2. The Balaban J connectivity index is 1.87. The molecule has 0 atom stereocenters. The number of anilines is 1. The predicted molar refractivity (Wildman–Crippen MR) is 109 cm³/mol. The lowest BCUT2D eigenvalue weighted by atomic mass is 10.0.